The van der Waals surface area contributed by atoms with Crippen molar-refractivity contribution in [2.24, 2.45) is 5.73 Å². The van der Waals surface area contributed by atoms with E-state index in [4.69, 9.17) is 10.5 Å². The van der Waals surface area contributed by atoms with Crippen LogP contribution in [0.3, 0.4) is 0 Å². The van der Waals surface area contributed by atoms with Gasteiger partial charge in [0.2, 0.25) is 0 Å². The lowest BCUT2D eigenvalue weighted by molar-refractivity contribution is 0.182. The van der Waals surface area contributed by atoms with Crippen LogP contribution in [0.1, 0.15) is 12.0 Å². The van der Waals surface area contributed by atoms with Gasteiger partial charge in [0, 0.05) is 12.1 Å². The zero-order chi connectivity index (χ0) is 11.0. The molecule has 0 amide bonds. The van der Waals surface area contributed by atoms with Gasteiger partial charge in [-0.05, 0) is 29.7 Å². The van der Waals surface area contributed by atoms with E-state index in [0.29, 0.717) is 6.54 Å². The number of rotatable bonds is 1. The van der Waals surface area contributed by atoms with Crippen LogP contribution in [0.25, 0.3) is 10.8 Å². The van der Waals surface area contributed by atoms with Gasteiger partial charge in [-0.2, -0.15) is 0 Å². The molecule has 1 unspecified atom stereocenters. The van der Waals surface area contributed by atoms with E-state index in [1.165, 1.54) is 16.3 Å². The summed E-state index contributed by atoms with van der Waals surface area (Å²) in [6.45, 7) is 0.603. The van der Waals surface area contributed by atoms with Crippen LogP contribution in [-0.4, -0.2) is 12.6 Å². The molecular formula is C14H15NO. The van der Waals surface area contributed by atoms with Crippen LogP contribution in [0.5, 0.6) is 5.75 Å². The Hall–Kier alpha value is -1.54. The third-order valence-corrected chi connectivity index (χ3v) is 3.27. The molecule has 0 saturated carbocycles. The highest BCUT2D eigenvalue weighted by molar-refractivity contribution is 5.87. The second kappa shape index (κ2) is 3.80. The fourth-order valence-corrected chi connectivity index (χ4v) is 2.39. The van der Waals surface area contributed by atoms with E-state index in [9.17, 15) is 0 Å². The van der Waals surface area contributed by atoms with Gasteiger partial charge in [0.05, 0.1) is 0 Å². The maximum absolute atomic E-state index is 5.86. The van der Waals surface area contributed by atoms with Crippen molar-refractivity contribution in [2.45, 2.75) is 18.9 Å². The van der Waals surface area contributed by atoms with Gasteiger partial charge in [0.25, 0.3) is 0 Å². The molecule has 0 radical (unpaired) electrons. The highest BCUT2D eigenvalue weighted by atomic mass is 16.5. The summed E-state index contributed by atoms with van der Waals surface area (Å²) in [7, 11) is 0. The van der Waals surface area contributed by atoms with Crippen LogP contribution in [0.15, 0.2) is 36.4 Å². The van der Waals surface area contributed by atoms with E-state index in [1.807, 2.05) is 0 Å². The Morgan fingerprint density at radius 1 is 1.19 bits per heavy atom. The highest BCUT2D eigenvalue weighted by Gasteiger charge is 2.19. The van der Waals surface area contributed by atoms with Crippen LogP contribution < -0.4 is 10.5 Å². The third kappa shape index (κ3) is 1.46. The van der Waals surface area contributed by atoms with E-state index in [0.717, 1.165) is 18.6 Å². The Kier molecular flexibility index (Phi) is 2.29. The molecule has 1 aliphatic heterocycles. The van der Waals surface area contributed by atoms with Crippen molar-refractivity contribution in [1.82, 2.24) is 0 Å². The van der Waals surface area contributed by atoms with Crippen LogP contribution in [0.2, 0.25) is 0 Å². The van der Waals surface area contributed by atoms with Crippen molar-refractivity contribution < 1.29 is 4.74 Å². The monoisotopic (exact) mass is 213 g/mol. The smallest absolute Gasteiger partial charge is 0.123 e. The molecule has 2 nitrogen and oxygen atoms in total. The summed E-state index contributed by atoms with van der Waals surface area (Å²) in [5.41, 5.74) is 6.98. The molecule has 1 heterocycles. The molecule has 82 valence electrons. The molecule has 16 heavy (non-hydrogen) atoms. The summed E-state index contributed by atoms with van der Waals surface area (Å²) < 4.78 is 5.86. The fraction of sp³-hybridized carbons (Fsp3) is 0.286. The Balaban J connectivity index is 2.14. The lowest BCUT2D eigenvalue weighted by Gasteiger charge is -2.26. The molecule has 0 aliphatic carbocycles. The average Bonchev–Trinajstić information content (AvgIpc) is 2.38. The quantitative estimate of drug-likeness (QED) is 0.790. The number of hydrogen-bond donors (Lipinski definition) is 1. The molecule has 0 spiro atoms. The molecule has 3 rings (SSSR count). The Labute approximate surface area is 95.0 Å². The summed E-state index contributed by atoms with van der Waals surface area (Å²) in [5.74, 6) is 1.01. The van der Waals surface area contributed by atoms with Crippen molar-refractivity contribution in [3.8, 4) is 5.75 Å². The molecule has 2 aromatic rings. The van der Waals surface area contributed by atoms with Crippen LogP contribution in [-0.2, 0) is 6.42 Å². The zero-order valence-corrected chi connectivity index (χ0v) is 9.15. The summed E-state index contributed by atoms with van der Waals surface area (Å²) >= 11 is 0. The van der Waals surface area contributed by atoms with Crippen LogP contribution in [0, 0.1) is 0 Å². The van der Waals surface area contributed by atoms with Gasteiger partial charge in [0.15, 0.2) is 0 Å². The van der Waals surface area contributed by atoms with E-state index in [2.05, 4.69) is 36.4 Å². The van der Waals surface area contributed by atoms with Gasteiger partial charge in [-0.3, -0.25) is 0 Å². The predicted octanol–water partition coefficient (Wildman–Crippen LogP) is 2.49. The number of ether oxygens (including phenoxy) is 1. The lowest BCUT2D eigenvalue weighted by atomic mass is 9.96. The zero-order valence-electron chi connectivity index (χ0n) is 9.15. The van der Waals surface area contributed by atoms with Gasteiger partial charge in [-0.1, -0.05) is 30.3 Å². The lowest BCUT2D eigenvalue weighted by Crippen LogP contribution is -2.30. The van der Waals surface area contributed by atoms with Crippen molar-refractivity contribution in [2.75, 3.05) is 6.54 Å². The first-order chi connectivity index (χ1) is 7.88. The minimum absolute atomic E-state index is 0.189. The molecule has 0 aromatic heterocycles. The van der Waals surface area contributed by atoms with Gasteiger partial charge in [-0.15, -0.1) is 0 Å². The first-order valence-corrected chi connectivity index (χ1v) is 5.76. The van der Waals surface area contributed by atoms with E-state index in [-0.39, 0.29) is 6.10 Å². The molecular weight excluding hydrogens is 198 g/mol. The SMILES string of the molecule is NCC1CCc2c(ccc3ccccc23)O1. The summed E-state index contributed by atoms with van der Waals surface area (Å²) in [5, 5.41) is 2.60. The van der Waals surface area contributed by atoms with Gasteiger partial charge in [0.1, 0.15) is 11.9 Å². The largest absolute Gasteiger partial charge is 0.489 e. The number of hydrogen-bond acceptors (Lipinski definition) is 2. The Bertz CT molecular complexity index is 521. The second-order valence-electron chi connectivity index (χ2n) is 4.28. The number of nitrogens with two attached hydrogens (primary N) is 1. The minimum Gasteiger partial charge on any atom is -0.489 e. The topological polar surface area (TPSA) is 35.2 Å². The molecule has 1 atom stereocenters. The molecule has 2 N–H and O–H groups in total. The number of benzene rings is 2. The maximum Gasteiger partial charge on any atom is 0.123 e. The molecule has 2 aromatic carbocycles. The average molecular weight is 213 g/mol. The van der Waals surface area contributed by atoms with Crippen molar-refractivity contribution in [3.05, 3.63) is 42.0 Å². The molecule has 1 aliphatic rings. The standard InChI is InChI=1S/C14H15NO/c15-9-11-6-7-13-12-4-2-1-3-10(12)5-8-14(13)16-11/h1-5,8,11H,6-7,9,15H2. The number of fused-ring (bicyclic) bond motifs is 3. The van der Waals surface area contributed by atoms with Gasteiger partial charge >= 0.3 is 0 Å². The summed E-state index contributed by atoms with van der Waals surface area (Å²) in [6, 6.07) is 12.6. The first-order valence-electron chi connectivity index (χ1n) is 5.76. The van der Waals surface area contributed by atoms with Crippen molar-refractivity contribution >= 4 is 10.8 Å². The van der Waals surface area contributed by atoms with E-state index < -0.39 is 0 Å². The summed E-state index contributed by atoms with van der Waals surface area (Å²) in [4.78, 5) is 0. The van der Waals surface area contributed by atoms with Gasteiger partial charge in [-0.25, -0.2) is 0 Å². The van der Waals surface area contributed by atoms with E-state index >= 15 is 0 Å². The second-order valence-corrected chi connectivity index (χ2v) is 4.28. The molecule has 0 bridgehead atoms. The predicted molar refractivity (Wildman–Crippen MR) is 65.7 cm³/mol. The maximum atomic E-state index is 5.86. The fourth-order valence-electron chi connectivity index (χ4n) is 2.39. The van der Waals surface area contributed by atoms with Crippen LogP contribution in [0.4, 0.5) is 0 Å². The highest BCUT2D eigenvalue weighted by Crippen LogP contribution is 2.33. The van der Waals surface area contributed by atoms with Crippen molar-refractivity contribution in [3.63, 3.8) is 0 Å². The van der Waals surface area contributed by atoms with Crippen LogP contribution >= 0.6 is 0 Å². The Morgan fingerprint density at radius 2 is 2.06 bits per heavy atom. The normalized spacial score (nSPS) is 19.2. The summed E-state index contributed by atoms with van der Waals surface area (Å²) in [6.07, 6.45) is 2.28. The first kappa shape index (κ1) is 9.67. The Morgan fingerprint density at radius 3 is 2.94 bits per heavy atom. The van der Waals surface area contributed by atoms with E-state index in [1.54, 1.807) is 0 Å². The van der Waals surface area contributed by atoms with Gasteiger partial charge < -0.3 is 10.5 Å². The number of aryl methyl sites for hydroxylation is 1. The minimum atomic E-state index is 0.189. The molecule has 0 saturated heterocycles. The molecule has 2 heteroatoms. The molecule has 0 fully saturated rings. The third-order valence-electron chi connectivity index (χ3n) is 3.27. The van der Waals surface area contributed by atoms with Crippen molar-refractivity contribution in [1.29, 1.82) is 0 Å².